The highest BCUT2D eigenvalue weighted by Crippen LogP contribution is 2.10. The summed E-state index contributed by atoms with van der Waals surface area (Å²) in [5.74, 6) is -0.0770. The first-order chi connectivity index (χ1) is 10.5. The van der Waals surface area contributed by atoms with Gasteiger partial charge in [0, 0.05) is 29.9 Å². The largest absolute Gasteiger partial charge is 0.348 e. The molecule has 23 heavy (non-hydrogen) atoms. The number of piperidine rings is 1. The zero-order chi connectivity index (χ0) is 15.9. The van der Waals surface area contributed by atoms with Gasteiger partial charge in [-0.2, -0.15) is 0 Å². The third kappa shape index (κ3) is 6.46. The number of anilines is 1. The Kier molecular flexibility index (Phi) is 7.85. The minimum Gasteiger partial charge on any atom is -0.348 e. The average Bonchev–Trinajstić information content (AvgIpc) is 2.48. The van der Waals surface area contributed by atoms with Crippen molar-refractivity contribution in [1.29, 1.82) is 0 Å². The van der Waals surface area contributed by atoms with E-state index in [9.17, 15) is 9.59 Å². The van der Waals surface area contributed by atoms with Crippen molar-refractivity contribution >= 4 is 30.0 Å². The molecule has 0 aliphatic carbocycles. The predicted molar refractivity (Wildman–Crippen MR) is 94.3 cm³/mol. The normalized spacial score (nSPS) is 17.1. The number of carbonyl (C=O) groups is 2. The maximum Gasteiger partial charge on any atom is 0.319 e. The van der Waals surface area contributed by atoms with Crippen molar-refractivity contribution in [3.8, 4) is 0 Å². The van der Waals surface area contributed by atoms with Crippen LogP contribution in [0.3, 0.4) is 0 Å². The quantitative estimate of drug-likeness (QED) is 0.677. The first-order valence-corrected chi connectivity index (χ1v) is 7.74. The Morgan fingerprint density at radius 1 is 1.22 bits per heavy atom. The SMILES string of the molecule is CC(C)NC(=O)Nc1ccc(C(=O)N[C@H]2CCCNC2)cc1.Cl. The molecule has 0 bridgehead atoms. The molecular weight excluding hydrogens is 316 g/mol. The average molecular weight is 341 g/mol. The molecule has 1 fully saturated rings. The summed E-state index contributed by atoms with van der Waals surface area (Å²) < 4.78 is 0. The summed E-state index contributed by atoms with van der Waals surface area (Å²) >= 11 is 0. The first-order valence-electron chi connectivity index (χ1n) is 7.74. The highest BCUT2D eigenvalue weighted by molar-refractivity contribution is 5.95. The summed E-state index contributed by atoms with van der Waals surface area (Å²) in [5, 5.41) is 11.8. The van der Waals surface area contributed by atoms with E-state index in [1.54, 1.807) is 24.3 Å². The number of amides is 3. The zero-order valence-corrected chi connectivity index (χ0v) is 14.3. The van der Waals surface area contributed by atoms with Crippen LogP contribution in [0.2, 0.25) is 0 Å². The van der Waals surface area contributed by atoms with Crippen molar-refractivity contribution in [2.24, 2.45) is 0 Å². The lowest BCUT2D eigenvalue weighted by Crippen LogP contribution is -2.45. The Balaban J connectivity index is 0.00000264. The summed E-state index contributed by atoms with van der Waals surface area (Å²) in [6.07, 6.45) is 2.09. The lowest BCUT2D eigenvalue weighted by atomic mass is 10.1. The molecule has 1 aromatic rings. The molecule has 0 aromatic heterocycles. The molecule has 3 amide bonds. The van der Waals surface area contributed by atoms with Gasteiger partial charge >= 0.3 is 6.03 Å². The molecule has 1 aromatic carbocycles. The van der Waals surface area contributed by atoms with Gasteiger partial charge in [-0.05, 0) is 57.5 Å². The van der Waals surface area contributed by atoms with Gasteiger partial charge in [0.25, 0.3) is 5.91 Å². The van der Waals surface area contributed by atoms with Gasteiger partial charge < -0.3 is 21.3 Å². The van der Waals surface area contributed by atoms with E-state index in [-0.39, 0.29) is 36.4 Å². The number of rotatable bonds is 4. The molecule has 1 heterocycles. The van der Waals surface area contributed by atoms with Crippen LogP contribution in [0.5, 0.6) is 0 Å². The van der Waals surface area contributed by atoms with Crippen LogP contribution in [0.4, 0.5) is 10.5 Å². The van der Waals surface area contributed by atoms with Gasteiger partial charge in [0.15, 0.2) is 0 Å². The van der Waals surface area contributed by atoms with Crippen LogP contribution in [0.1, 0.15) is 37.0 Å². The van der Waals surface area contributed by atoms with E-state index >= 15 is 0 Å². The molecule has 1 saturated heterocycles. The molecule has 2 rings (SSSR count). The fraction of sp³-hybridized carbons (Fsp3) is 0.500. The van der Waals surface area contributed by atoms with Crippen molar-refractivity contribution in [2.75, 3.05) is 18.4 Å². The number of hydrogen-bond acceptors (Lipinski definition) is 3. The molecule has 7 heteroatoms. The van der Waals surface area contributed by atoms with Gasteiger partial charge in [-0.25, -0.2) is 4.79 Å². The van der Waals surface area contributed by atoms with Gasteiger partial charge in [-0.3, -0.25) is 4.79 Å². The van der Waals surface area contributed by atoms with E-state index in [1.165, 1.54) is 0 Å². The molecule has 1 aliphatic heterocycles. The number of halogens is 1. The van der Waals surface area contributed by atoms with E-state index in [0.717, 1.165) is 25.9 Å². The second kappa shape index (κ2) is 9.37. The fourth-order valence-corrected chi connectivity index (χ4v) is 2.38. The number of urea groups is 1. The molecule has 0 unspecified atom stereocenters. The molecule has 6 nitrogen and oxygen atoms in total. The van der Waals surface area contributed by atoms with Crippen LogP contribution in [0, 0.1) is 0 Å². The Morgan fingerprint density at radius 2 is 1.91 bits per heavy atom. The number of nitrogens with one attached hydrogen (secondary N) is 4. The van der Waals surface area contributed by atoms with Gasteiger partial charge in [0.1, 0.15) is 0 Å². The summed E-state index contributed by atoms with van der Waals surface area (Å²) in [4.78, 5) is 23.7. The topological polar surface area (TPSA) is 82.3 Å². The second-order valence-electron chi connectivity index (χ2n) is 5.85. The van der Waals surface area contributed by atoms with E-state index in [2.05, 4.69) is 21.3 Å². The van der Waals surface area contributed by atoms with Crippen LogP contribution in [-0.4, -0.2) is 37.1 Å². The predicted octanol–water partition coefficient (Wildman–Crippen LogP) is 2.12. The van der Waals surface area contributed by atoms with Gasteiger partial charge in [-0.15, -0.1) is 12.4 Å². The van der Waals surface area contributed by atoms with Gasteiger partial charge in [-0.1, -0.05) is 0 Å². The van der Waals surface area contributed by atoms with Gasteiger partial charge in [0.05, 0.1) is 0 Å². The van der Waals surface area contributed by atoms with Gasteiger partial charge in [0.2, 0.25) is 0 Å². The fourth-order valence-electron chi connectivity index (χ4n) is 2.38. The summed E-state index contributed by atoms with van der Waals surface area (Å²) in [6, 6.07) is 6.92. The number of benzene rings is 1. The Bertz CT molecular complexity index is 513. The summed E-state index contributed by atoms with van der Waals surface area (Å²) in [6.45, 7) is 5.63. The molecule has 1 aliphatic rings. The van der Waals surface area contributed by atoms with Crippen LogP contribution in [-0.2, 0) is 0 Å². The standard InChI is InChI=1S/C16H24N4O2.ClH/c1-11(2)18-16(22)20-13-7-5-12(6-8-13)15(21)19-14-4-3-9-17-10-14;/h5-8,11,14,17H,3-4,9-10H2,1-2H3,(H,19,21)(H2,18,20,22);1H/t14-;/m0./s1. The highest BCUT2D eigenvalue weighted by Gasteiger charge is 2.16. The number of carbonyl (C=O) groups excluding carboxylic acids is 2. The minimum atomic E-state index is -0.250. The molecule has 4 N–H and O–H groups in total. The highest BCUT2D eigenvalue weighted by atomic mass is 35.5. The van der Waals surface area contributed by atoms with Crippen molar-refractivity contribution in [1.82, 2.24) is 16.0 Å². The third-order valence-electron chi connectivity index (χ3n) is 3.46. The molecule has 0 spiro atoms. The van der Waals surface area contributed by atoms with Crippen LogP contribution >= 0.6 is 12.4 Å². The Hall–Kier alpha value is -1.79. The molecule has 0 saturated carbocycles. The molecule has 1 atom stereocenters. The van der Waals surface area contributed by atoms with Crippen LogP contribution < -0.4 is 21.3 Å². The van der Waals surface area contributed by atoms with Crippen molar-refractivity contribution < 1.29 is 9.59 Å². The monoisotopic (exact) mass is 340 g/mol. The van der Waals surface area contributed by atoms with Crippen LogP contribution in [0.15, 0.2) is 24.3 Å². The molecular formula is C16H25ClN4O2. The zero-order valence-electron chi connectivity index (χ0n) is 13.5. The molecule has 0 radical (unpaired) electrons. The van der Waals surface area contributed by atoms with E-state index in [0.29, 0.717) is 11.3 Å². The third-order valence-corrected chi connectivity index (χ3v) is 3.46. The van der Waals surface area contributed by atoms with Crippen LogP contribution in [0.25, 0.3) is 0 Å². The van der Waals surface area contributed by atoms with Crippen molar-refractivity contribution in [3.63, 3.8) is 0 Å². The van der Waals surface area contributed by atoms with Crippen molar-refractivity contribution in [2.45, 2.75) is 38.8 Å². The summed E-state index contributed by atoms with van der Waals surface area (Å²) in [7, 11) is 0. The first kappa shape index (κ1) is 19.3. The lowest BCUT2D eigenvalue weighted by molar-refractivity contribution is 0.0930. The van der Waals surface area contributed by atoms with E-state index in [1.807, 2.05) is 13.8 Å². The number of hydrogen-bond donors (Lipinski definition) is 4. The van der Waals surface area contributed by atoms with E-state index in [4.69, 9.17) is 0 Å². The van der Waals surface area contributed by atoms with E-state index < -0.39 is 0 Å². The minimum absolute atomic E-state index is 0. The second-order valence-corrected chi connectivity index (χ2v) is 5.85. The maximum atomic E-state index is 12.2. The Labute approximate surface area is 143 Å². The lowest BCUT2D eigenvalue weighted by Gasteiger charge is -2.23. The maximum absolute atomic E-state index is 12.2. The molecule has 128 valence electrons. The Morgan fingerprint density at radius 3 is 2.48 bits per heavy atom. The van der Waals surface area contributed by atoms with Crippen molar-refractivity contribution in [3.05, 3.63) is 29.8 Å². The smallest absolute Gasteiger partial charge is 0.319 e. The summed E-state index contributed by atoms with van der Waals surface area (Å²) in [5.41, 5.74) is 1.26.